The van der Waals surface area contributed by atoms with Gasteiger partial charge in [-0.2, -0.15) is 4.98 Å². The normalized spacial score (nSPS) is 13.3. The number of nitrogens with one attached hydrogen (secondary N) is 1. The van der Waals surface area contributed by atoms with Crippen LogP contribution < -0.4 is 5.32 Å². The highest BCUT2D eigenvalue weighted by Gasteiger charge is 2.23. The van der Waals surface area contributed by atoms with Gasteiger partial charge >= 0.3 is 0 Å². The van der Waals surface area contributed by atoms with Gasteiger partial charge in [-0.15, -0.1) is 0 Å². The van der Waals surface area contributed by atoms with E-state index in [9.17, 15) is 0 Å². The maximum Gasteiger partial charge on any atom is 0.248 e. The number of halogens is 1. The van der Waals surface area contributed by atoms with E-state index in [0.717, 1.165) is 11.5 Å². The summed E-state index contributed by atoms with van der Waals surface area (Å²) in [6, 6.07) is 8.17. The second-order valence-corrected chi connectivity index (χ2v) is 6.83. The molecule has 0 aliphatic heterocycles. The first-order valence-corrected chi connectivity index (χ1v) is 7.30. The highest BCUT2D eigenvalue weighted by Crippen LogP contribution is 2.23. The molecular weight excluding hydrogens is 353 g/mol. The summed E-state index contributed by atoms with van der Waals surface area (Å²) in [6.07, 6.45) is 0. The van der Waals surface area contributed by atoms with E-state index in [1.807, 2.05) is 19.1 Å². The Balaban J connectivity index is 2.12. The average molecular weight is 371 g/mol. The summed E-state index contributed by atoms with van der Waals surface area (Å²) in [4.78, 5) is 4.46. The van der Waals surface area contributed by atoms with Crippen molar-refractivity contribution >= 4 is 28.3 Å². The predicted octanol–water partition coefficient (Wildman–Crippen LogP) is 4.14. The Morgan fingerprint density at radius 2 is 2.05 bits per heavy atom. The van der Waals surface area contributed by atoms with Gasteiger partial charge in [-0.05, 0) is 47.7 Å². The quantitative estimate of drug-likeness (QED) is 0.824. The predicted molar refractivity (Wildman–Crippen MR) is 84.2 cm³/mol. The van der Waals surface area contributed by atoms with Crippen molar-refractivity contribution in [3.05, 3.63) is 39.6 Å². The molecule has 19 heavy (non-hydrogen) atoms. The number of rotatable bonds is 3. The van der Waals surface area contributed by atoms with Crippen molar-refractivity contribution in [2.24, 2.45) is 0 Å². The molecule has 1 aromatic carbocycles. The van der Waals surface area contributed by atoms with Gasteiger partial charge in [-0.3, -0.25) is 0 Å². The van der Waals surface area contributed by atoms with Crippen LogP contribution >= 0.6 is 22.6 Å². The summed E-state index contributed by atoms with van der Waals surface area (Å²) in [6.45, 7) is 8.22. The van der Waals surface area contributed by atoms with Crippen molar-refractivity contribution in [3.8, 4) is 0 Å². The summed E-state index contributed by atoms with van der Waals surface area (Å²) in [5.74, 6) is 1.35. The lowest BCUT2D eigenvalue weighted by Crippen LogP contribution is -2.14. The maximum absolute atomic E-state index is 5.33. The van der Waals surface area contributed by atoms with Gasteiger partial charge < -0.3 is 9.84 Å². The first-order chi connectivity index (χ1) is 8.86. The molecule has 1 unspecified atom stereocenters. The van der Waals surface area contributed by atoms with Crippen LogP contribution in [-0.4, -0.2) is 10.1 Å². The van der Waals surface area contributed by atoms with Crippen molar-refractivity contribution in [2.75, 3.05) is 5.32 Å². The zero-order chi connectivity index (χ0) is 14.0. The van der Waals surface area contributed by atoms with Crippen molar-refractivity contribution in [1.29, 1.82) is 0 Å². The van der Waals surface area contributed by atoms with Crippen molar-refractivity contribution in [1.82, 2.24) is 10.1 Å². The smallest absolute Gasteiger partial charge is 0.248 e. The number of nitrogens with zero attached hydrogens (tertiary/aromatic N) is 2. The molecule has 0 bridgehead atoms. The van der Waals surface area contributed by atoms with E-state index in [-0.39, 0.29) is 11.5 Å². The lowest BCUT2D eigenvalue weighted by molar-refractivity contribution is 0.354. The molecule has 1 aromatic heterocycles. The van der Waals surface area contributed by atoms with Crippen molar-refractivity contribution < 1.29 is 4.52 Å². The van der Waals surface area contributed by atoms with Crippen LogP contribution in [0.2, 0.25) is 0 Å². The molecule has 0 spiro atoms. The molecule has 102 valence electrons. The zero-order valence-electron chi connectivity index (χ0n) is 11.6. The molecule has 2 rings (SSSR count). The molecule has 0 saturated heterocycles. The third-order valence-electron chi connectivity index (χ3n) is 2.69. The largest absolute Gasteiger partial charge is 0.374 e. The molecule has 0 saturated carbocycles. The third kappa shape index (κ3) is 3.68. The fourth-order valence-corrected chi connectivity index (χ4v) is 2.15. The Kier molecular flexibility index (Phi) is 4.13. The van der Waals surface area contributed by atoms with Crippen LogP contribution in [0, 0.1) is 3.57 Å². The van der Waals surface area contributed by atoms with Gasteiger partial charge in [0.1, 0.15) is 6.04 Å². The van der Waals surface area contributed by atoms with E-state index < -0.39 is 0 Å². The number of hydrogen-bond acceptors (Lipinski definition) is 4. The monoisotopic (exact) mass is 371 g/mol. The van der Waals surface area contributed by atoms with Crippen LogP contribution in [0.15, 0.2) is 28.8 Å². The van der Waals surface area contributed by atoms with Gasteiger partial charge in [0, 0.05) is 14.7 Å². The van der Waals surface area contributed by atoms with E-state index in [4.69, 9.17) is 4.52 Å². The Morgan fingerprint density at radius 1 is 1.32 bits per heavy atom. The standard InChI is InChI=1S/C14H18IN3O/c1-9(16-11-7-5-6-10(15)8-11)12-17-13(18-19-12)14(2,3)4/h5-9,16H,1-4H3. The van der Waals surface area contributed by atoms with Crippen LogP contribution in [0.25, 0.3) is 0 Å². The molecule has 5 heteroatoms. The fraction of sp³-hybridized carbons (Fsp3) is 0.429. The molecule has 0 amide bonds. The summed E-state index contributed by atoms with van der Waals surface area (Å²) in [7, 11) is 0. The summed E-state index contributed by atoms with van der Waals surface area (Å²) >= 11 is 2.29. The average Bonchev–Trinajstić information content (AvgIpc) is 2.77. The lowest BCUT2D eigenvalue weighted by Gasteiger charge is -2.12. The van der Waals surface area contributed by atoms with Gasteiger partial charge in [0.25, 0.3) is 0 Å². The van der Waals surface area contributed by atoms with Crippen LogP contribution in [-0.2, 0) is 5.41 Å². The van der Waals surface area contributed by atoms with Crippen LogP contribution in [0.5, 0.6) is 0 Å². The highest BCUT2D eigenvalue weighted by molar-refractivity contribution is 14.1. The van der Waals surface area contributed by atoms with Gasteiger partial charge in [-0.1, -0.05) is 32.0 Å². The maximum atomic E-state index is 5.33. The highest BCUT2D eigenvalue weighted by atomic mass is 127. The van der Waals surface area contributed by atoms with E-state index in [1.165, 1.54) is 3.57 Å². The fourth-order valence-electron chi connectivity index (χ4n) is 1.61. The molecular formula is C14H18IN3O. The van der Waals surface area contributed by atoms with E-state index in [2.05, 4.69) is 71.0 Å². The van der Waals surface area contributed by atoms with Crippen LogP contribution in [0.1, 0.15) is 45.5 Å². The van der Waals surface area contributed by atoms with Gasteiger partial charge in [0.05, 0.1) is 0 Å². The molecule has 2 aromatic rings. The molecule has 4 nitrogen and oxygen atoms in total. The molecule has 0 aliphatic rings. The molecule has 1 atom stereocenters. The number of aromatic nitrogens is 2. The summed E-state index contributed by atoms with van der Waals surface area (Å²) in [5, 5.41) is 7.40. The van der Waals surface area contributed by atoms with E-state index in [1.54, 1.807) is 0 Å². The number of anilines is 1. The summed E-state index contributed by atoms with van der Waals surface area (Å²) < 4.78 is 6.52. The lowest BCUT2D eigenvalue weighted by atomic mass is 9.96. The van der Waals surface area contributed by atoms with Crippen LogP contribution in [0.3, 0.4) is 0 Å². The topological polar surface area (TPSA) is 51.0 Å². The van der Waals surface area contributed by atoms with Gasteiger partial charge in [-0.25, -0.2) is 0 Å². The molecule has 0 fully saturated rings. The minimum atomic E-state index is -0.0937. The Hall–Kier alpha value is -1.11. The van der Waals surface area contributed by atoms with Gasteiger partial charge in [0.2, 0.25) is 5.89 Å². The zero-order valence-corrected chi connectivity index (χ0v) is 13.7. The third-order valence-corrected chi connectivity index (χ3v) is 3.36. The SMILES string of the molecule is CC(Nc1cccc(I)c1)c1nc(C(C)(C)C)no1. The number of benzene rings is 1. The minimum absolute atomic E-state index is 0.0122. The molecule has 1 heterocycles. The first kappa shape index (κ1) is 14.3. The van der Waals surface area contributed by atoms with Crippen LogP contribution in [0.4, 0.5) is 5.69 Å². The minimum Gasteiger partial charge on any atom is -0.374 e. The Morgan fingerprint density at radius 3 is 2.63 bits per heavy atom. The molecule has 0 radical (unpaired) electrons. The first-order valence-electron chi connectivity index (χ1n) is 6.22. The molecule has 1 N–H and O–H groups in total. The molecule has 0 aliphatic carbocycles. The van der Waals surface area contributed by atoms with E-state index in [0.29, 0.717) is 5.89 Å². The summed E-state index contributed by atoms with van der Waals surface area (Å²) in [5.41, 5.74) is 0.957. The second-order valence-electron chi connectivity index (χ2n) is 5.58. The van der Waals surface area contributed by atoms with Crippen molar-refractivity contribution in [3.63, 3.8) is 0 Å². The number of hydrogen-bond donors (Lipinski definition) is 1. The van der Waals surface area contributed by atoms with Gasteiger partial charge in [0.15, 0.2) is 5.82 Å². The Bertz CT molecular complexity index is 560. The Labute approximate surface area is 127 Å². The van der Waals surface area contributed by atoms with Crippen molar-refractivity contribution in [2.45, 2.75) is 39.2 Å². The second kappa shape index (κ2) is 5.48. The van der Waals surface area contributed by atoms with E-state index >= 15 is 0 Å².